The van der Waals surface area contributed by atoms with Crippen molar-refractivity contribution in [3.63, 3.8) is 0 Å². The summed E-state index contributed by atoms with van der Waals surface area (Å²) >= 11 is 0. The number of nitrogens with zero attached hydrogens (tertiary/aromatic N) is 3. The van der Waals surface area contributed by atoms with E-state index < -0.39 is 17.8 Å². The first-order valence-electron chi connectivity index (χ1n) is 10.2. The fourth-order valence-electron chi connectivity index (χ4n) is 3.58. The van der Waals surface area contributed by atoms with Crippen molar-refractivity contribution >= 4 is 28.5 Å². The Labute approximate surface area is 193 Å². The van der Waals surface area contributed by atoms with Crippen LogP contribution < -0.4 is 10.5 Å². The molecular formula is C25H20FN3O5. The molecule has 3 aromatic rings. The van der Waals surface area contributed by atoms with Crippen molar-refractivity contribution in [2.75, 3.05) is 19.1 Å². The molecule has 8 nitrogen and oxygen atoms in total. The Balaban J connectivity index is 1.79. The first kappa shape index (κ1) is 22.7. The minimum atomic E-state index is -0.745. The Hall–Kier alpha value is -4.53. The van der Waals surface area contributed by atoms with Gasteiger partial charge < -0.3 is 14.4 Å². The molecule has 0 unspecified atom stereocenters. The number of benzene rings is 2. The molecule has 0 bridgehead atoms. The average Bonchev–Trinajstić information content (AvgIpc) is 3.09. The van der Waals surface area contributed by atoms with E-state index in [0.29, 0.717) is 22.2 Å². The minimum Gasteiger partial charge on any atom is -0.465 e. The van der Waals surface area contributed by atoms with Crippen LogP contribution in [0.3, 0.4) is 0 Å². The number of hydrogen-bond acceptors (Lipinski definition) is 7. The Morgan fingerprint density at radius 1 is 1.03 bits per heavy atom. The zero-order valence-electron chi connectivity index (χ0n) is 18.4. The predicted octanol–water partition coefficient (Wildman–Crippen LogP) is 3.07. The highest BCUT2D eigenvalue weighted by atomic mass is 19.1. The van der Waals surface area contributed by atoms with E-state index in [-0.39, 0.29) is 23.4 Å². The number of halogens is 1. The van der Waals surface area contributed by atoms with Gasteiger partial charge in [-0.1, -0.05) is 24.3 Å². The fraction of sp³-hybridized carbons (Fsp3) is 0.120. The summed E-state index contributed by atoms with van der Waals surface area (Å²) in [4.78, 5) is 43.7. The van der Waals surface area contributed by atoms with E-state index in [9.17, 15) is 18.8 Å². The number of rotatable bonds is 5. The topological polar surface area (TPSA) is 90.7 Å². The molecule has 172 valence electrons. The maximum absolute atomic E-state index is 14.0. The average molecular weight is 461 g/mol. The lowest BCUT2D eigenvalue weighted by Crippen LogP contribution is -2.27. The number of carbonyl (C=O) groups is 2. The molecule has 0 saturated carbocycles. The van der Waals surface area contributed by atoms with Crippen LogP contribution in [-0.4, -0.2) is 35.7 Å². The van der Waals surface area contributed by atoms with E-state index in [1.165, 1.54) is 42.2 Å². The summed E-state index contributed by atoms with van der Waals surface area (Å²) in [6.07, 6.45) is 7.62. The van der Waals surface area contributed by atoms with E-state index in [1.807, 2.05) is 0 Å². The SMILES string of the molecule is COC(=O)C1=C(C(=O)OC)N(c2ccc3c(=O)n(Cc4ccccc4F)cnc3c2)C=CC=C1. The van der Waals surface area contributed by atoms with Crippen molar-refractivity contribution in [3.05, 3.63) is 106 Å². The third-order valence-electron chi connectivity index (χ3n) is 5.27. The summed E-state index contributed by atoms with van der Waals surface area (Å²) in [5, 5.41) is 0.316. The van der Waals surface area contributed by atoms with Crippen LogP contribution in [-0.2, 0) is 25.6 Å². The summed E-state index contributed by atoms with van der Waals surface area (Å²) in [7, 11) is 2.42. The van der Waals surface area contributed by atoms with E-state index >= 15 is 0 Å². The maximum Gasteiger partial charge on any atom is 0.355 e. The Morgan fingerprint density at radius 2 is 1.79 bits per heavy atom. The number of aromatic nitrogens is 2. The number of methoxy groups -OCH3 is 2. The van der Waals surface area contributed by atoms with Gasteiger partial charge in [0.05, 0.1) is 43.6 Å². The molecule has 1 aliphatic heterocycles. The van der Waals surface area contributed by atoms with Gasteiger partial charge in [-0.05, 0) is 36.4 Å². The highest BCUT2D eigenvalue weighted by Gasteiger charge is 2.27. The summed E-state index contributed by atoms with van der Waals surface area (Å²) in [6, 6.07) is 11.0. The molecular weight excluding hydrogens is 441 g/mol. The highest BCUT2D eigenvalue weighted by Crippen LogP contribution is 2.28. The van der Waals surface area contributed by atoms with Gasteiger partial charge in [-0.25, -0.2) is 19.0 Å². The molecule has 2 aromatic carbocycles. The van der Waals surface area contributed by atoms with Crippen LogP contribution in [0.1, 0.15) is 5.56 Å². The number of anilines is 1. The summed E-state index contributed by atoms with van der Waals surface area (Å²) in [5.74, 6) is -1.86. The van der Waals surface area contributed by atoms with Crippen LogP contribution in [0.25, 0.3) is 10.9 Å². The third kappa shape index (κ3) is 4.23. The van der Waals surface area contributed by atoms with Gasteiger partial charge in [0.25, 0.3) is 5.56 Å². The first-order chi connectivity index (χ1) is 16.4. The molecule has 0 N–H and O–H groups in total. The fourth-order valence-corrected chi connectivity index (χ4v) is 3.58. The zero-order valence-corrected chi connectivity index (χ0v) is 18.4. The van der Waals surface area contributed by atoms with Crippen molar-refractivity contribution in [2.24, 2.45) is 0 Å². The van der Waals surface area contributed by atoms with Crippen molar-refractivity contribution in [1.29, 1.82) is 0 Å². The minimum absolute atomic E-state index is 0.00714. The molecule has 0 fully saturated rings. The molecule has 1 aromatic heterocycles. The van der Waals surface area contributed by atoms with Crippen molar-refractivity contribution in [2.45, 2.75) is 6.54 Å². The molecule has 1 aliphatic rings. The quantitative estimate of drug-likeness (QED) is 0.540. The van der Waals surface area contributed by atoms with E-state index in [2.05, 4.69) is 4.98 Å². The molecule has 4 rings (SSSR count). The Kier molecular flexibility index (Phi) is 6.35. The van der Waals surface area contributed by atoms with Gasteiger partial charge in [0.1, 0.15) is 11.5 Å². The highest BCUT2D eigenvalue weighted by molar-refractivity contribution is 6.05. The van der Waals surface area contributed by atoms with Gasteiger partial charge in [0.15, 0.2) is 0 Å². The number of allylic oxidation sites excluding steroid dienone is 2. The molecule has 0 aliphatic carbocycles. The number of ether oxygens (including phenoxy) is 2. The second-order valence-electron chi connectivity index (χ2n) is 7.29. The van der Waals surface area contributed by atoms with E-state index in [4.69, 9.17) is 9.47 Å². The van der Waals surface area contributed by atoms with Gasteiger partial charge in [0, 0.05) is 17.5 Å². The van der Waals surface area contributed by atoms with Gasteiger partial charge >= 0.3 is 11.9 Å². The molecule has 0 atom stereocenters. The second kappa shape index (κ2) is 9.53. The van der Waals surface area contributed by atoms with E-state index in [1.54, 1.807) is 54.8 Å². The largest absolute Gasteiger partial charge is 0.465 e. The lowest BCUT2D eigenvalue weighted by molar-refractivity contribution is -0.139. The second-order valence-corrected chi connectivity index (χ2v) is 7.29. The Morgan fingerprint density at radius 3 is 2.53 bits per heavy atom. The van der Waals surface area contributed by atoms with Crippen LogP contribution in [0.4, 0.5) is 10.1 Å². The lowest BCUT2D eigenvalue weighted by atomic mass is 10.1. The first-order valence-corrected chi connectivity index (χ1v) is 10.2. The van der Waals surface area contributed by atoms with Crippen molar-refractivity contribution in [3.8, 4) is 0 Å². The monoisotopic (exact) mass is 461 g/mol. The molecule has 0 saturated heterocycles. The van der Waals surface area contributed by atoms with Crippen LogP contribution in [0, 0.1) is 5.82 Å². The van der Waals surface area contributed by atoms with Crippen molar-refractivity contribution < 1.29 is 23.5 Å². The van der Waals surface area contributed by atoms with Gasteiger partial charge in [-0.15, -0.1) is 0 Å². The molecule has 0 spiro atoms. The van der Waals surface area contributed by atoms with Crippen LogP contribution in [0.15, 0.2) is 89.3 Å². The van der Waals surface area contributed by atoms with Crippen molar-refractivity contribution in [1.82, 2.24) is 9.55 Å². The molecule has 0 radical (unpaired) electrons. The molecule has 9 heteroatoms. The van der Waals surface area contributed by atoms with Gasteiger partial charge in [-0.2, -0.15) is 0 Å². The summed E-state index contributed by atoms with van der Waals surface area (Å²) in [6.45, 7) is 0.0362. The normalized spacial score (nSPS) is 13.2. The summed E-state index contributed by atoms with van der Waals surface area (Å²) < 4.78 is 25.1. The van der Waals surface area contributed by atoms with Gasteiger partial charge in [0.2, 0.25) is 0 Å². The Bertz CT molecular complexity index is 1440. The zero-order chi connectivity index (χ0) is 24.2. The number of esters is 2. The number of carbonyl (C=O) groups excluding carboxylic acids is 2. The molecule has 34 heavy (non-hydrogen) atoms. The smallest absolute Gasteiger partial charge is 0.355 e. The maximum atomic E-state index is 14.0. The predicted molar refractivity (Wildman–Crippen MR) is 123 cm³/mol. The molecule has 0 amide bonds. The molecule has 2 heterocycles. The van der Waals surface area contributed by atoms with Crippen LogP contribution >= 0.6 is 0 Å². The third-order valence-corrected chi connectivity index (χ3v) is 5.27. The number of fused-ring (bicyclic) bond motifs is 1. The number of hydrogen-bond donors (Lipinski definition) is 0. The van der Waals surface area contributed by atoms with Crippen LogP contribution in [0.2, 0.25) is 0 Å². The standard InChI is InChI=1S/C25H20FN3O5/c1-33-24(31)19-8-5-6-12-29(22(19)25(32)34-2)17-10-11-18-21(13-17)27-15-28(23(18)30)14-16-7-3-4-9-20(16)26/h3-13,15H,14H2,1-2H3. The van der Waals surface area contributed by atoms with Crippen LogP contribution in [0.5, 0.6) is 0 Å². The summed E-state index contributed by atoms with van der Waals surface area (Å²) in [5.41, 5.74) is 0.814. The van der Waals surface area contributed by atoms with Gasteiger partial charge in [-0.3, -0.25) is 9.36 Å². The van der Waals surface area contributed by atoms with E-state index in [0.717, 1.165) is 0 Å². The lowest BCUT2D eigenvalue weighted by Gasteiger charge is -2.23.